The van der Waals surface area contributed by atoms with Crippen LogP contribution in [-0.2, 0) is 0 Å². The summed E-state index contributed by atoms with van der Waals surface area (Å²) >= 11 is 12.8. The Kier molecular flexibility index (Phi) is 3.68. The van der Waals surface area contributed by atoms with E-state index in [2.05, 4.69) is 9.97 Å². The zero-order valence-electron chi connectivity index (χ0n) is 10.4. The van der Waals surface area contributed by atoms with Gasteiger partial charge in [0.1, 0.15) is 0 Å². The van der Waals surface area contributed by atoms with Crippen molar-refractivity contribution in [2.75, 3.05) is 0 Å². The first-order chi connectivity index (χ1) is 9.77. The Morgan fingerprint density at radius 1 is 0.750 bits per heavy atom. The molecule has 98 valence electrons. The number of benzene rings is 1. The van der Waals surface area contributed by atoms with Gasteiger partial charge in [-0.3, -0.25) is 9.97 Å². The quantitative estimate of drug-likeness (QED) is 0.656. The van der Waals surface area contributed by atoms with E-state index in [0.29, 0.717) is 10.0 Å². The van der Waals surface area contributed by atoms with Gasteiger partial charge in [0, 0.05) is 35.3 Å². The molecule has 0 aliphatic carbocycles. The molecule has 0 atom stereocenters. The predicted octanol–water partition coefficient (Wildman–Crippen LogP) is 5.12. The van der Waals surface area contributed by atoms with Gasteiger partial charge in [-0.2, -0.15) is 0 Å². The van der Waals surface area contributed by atoms with Crippen molar-refractivity contribution in [3.63, 3.8) is 0 Å². The lowest BCUT2D eigenvalue weighted by Gasteiger charge is -2.10. The van der Waals surface area contributed by atoms with Gasteiger partial charge in [0.05, 0.1) is 15.7 Å². The van der Waals surface area contributed by atoms with E-state index in [1.54, 1.807) is 18.6 Å². The van der Waals surface area contributed by atoms with Gasteiger partial charge in [0.25, 0.3) is 0 Å². The van der Waals surface area contributed by atoms with Gasteiger partial charge in [0.15, 0.2) is 0 Å². The Hall–Kier alpha value is -1.90. The summed E-state index contributed by atoms with van der Waals surface area (Å²) in [6.45, 7) is 0. The fourth-order valence-electron chi connectivity index (χ4n) is 2.01. The third kappa shape index (κ3) is 2.40. The molecule has 3 rings (SSSR count). The molecule has 4 heteroatoms. The van der Waals surface area contributed by atoms with Crippen LogP contribution >= 0.6 is 23.2 Å². The molecule has 0 aliphatic heterocycles. The predicted molar refractivity (Wildman–Crippen MR) is 82.9 cm³/mol. The summed E-state index contributed by atoms with van der Waals surface area (Å²) in [4.78, 5) is 8.40. The van der Waals surface area contributed by atoms with Crippen molar-refractivity contribution in [2.45, 2.75) is 0 Å². The molecule has 0 aliphatic rings. The van der Waals surface area contributed by atoms with E-state index in [0.717, 1.165) is 22.4 Å². The minimum Gasteiger partial charge on any atom is -0.264 e. The van der Waals surface area contributed by atoms with Crippen LogP contribution in [0.15, 0.2) is 61.1 Å². The van der Waals surface area contributed by atoms with Crippen molar-refractivity contribution in [1.82, 2.24) is 9.97 Å². The highest BCUT2D eigenvalue weighted by atomic mass is 35.5. The molecule has 0 saturated carbocycles. The molecule has 0 N–H and O–H groups in total. The largest absolute Gasteiger partial charge is 0.264 e. The van der Waals surface area contributed by atoms with E-state index in [1.165, 1.54) is 0 Å². The summed E-state index contributed by atoms with van der Waals surface area (Å²) in [5.41, 5.74) is 3.43. The summed E-state index contributed by atoms with van der Waals surface area (Å²) in [7, 11) is 0. The van der Waals surface area contributed by atoms with Crippen molar-refractivity contribution < 1.29 is 0 Å². The maximum atomic E-state index is 6.40. The minimum absolute atomic E-state index is 0.506. The van der Waals surface area contributed by atoms with E-state index < -0.39 is 0 Å². The Balaban J connectivity index is 2.13. The van der Waals surface area contributed by atoms with E-state index in [9.17, 15) is 0 Å². The Labute approximate surface area is 127 Å². The Morgan fingerprint density at radius 2 is 1.55 bits per heavy atom. The van der Waals surface area contributed by atoms with Gasteiger partial charge in [-0.25, -0.2) is 0 Å². The standard InChI is InChI=1S/C16H10Cl2N2/c17-15-12(11-4-3-8-19-10-11)6-7-13(16(15)18)14-5-1-2-9-20-14/h1-10H. The summed E-state index contributed by atoms with van der Waals surface area (Å²) in [6, 6.07) is 13.4. The first-order valence-electron chi connectivity index (χ1n) is 6.07. The van der Waals surface area contributed by atoms with E-state index in [4.69, 9.17) is 23.2 Å². The van der Waals surface area contributed by atoms with Crippen LogP contribution in [0.2, 0.25) is 10.0 Å². The van der Waals surface area contributed by atoms with Gasteiger partial charge in [-0.15, -0.1) is 0 Å². The number of nitrogens with zero attached hydrogens (tertiary/aromatic N) is 2. The maximum Gasteiger partial charge on any atom is 0.0717 e. The van der Waals surface area contributed by atoms with Crippen LogP contribution in [0.1, 0.15) is 0 Å². The monoisotopic (exact) mass is 300 g/mol. The summed E-state index contributed by atoms with van der Waals surface area (Å²) in [6.07, 6.45) is 5.22. The van der Waals surface area contributed by atoms with Crippen LogP contribution in [0, 0.1) is 0 Å². The first-order valence-corrected chi connectivity index (χ1v) is 6.83. The fourth-order valence-corrected chi connectivity index (χ4v) is 2.55. The molecule has 3 aromatic rings. The lowest BCUT2D eigenvalue weighted by atomic mass is 10.0. The molecular weight excluding hydrogens is 291 g/mol. The lowest BCUT2D eigenvalue weighted by molar-refractivity contribution is 1.32. The zero-order valence-corrected chi connectivity index (χ0v) is 11.9. The summed E-state index contributed by atoms with van der Waals surface area (Å²) < 4.78 is 0. The number of halogens is 2. The Bertz CT molecular complexity index is 664. The summed E-state index contributed by atoms with van der Waals surface area (Å²) in [5, 5.41) is 1.02. The topological polar surface area (TPSA) is 25.8 Å². The number of hydrogen-bond donors (Lipinski definition) is 0. The van der Waals surface area contributed by atoms with Crippen molar-refractivity contribution >= 4 is 23.2 Å². The van der Waals surface area contributed by atoms with Crippen LogP contribution in [0.4, 0.5) is 0 Å². The lowest BCUT2D eigenvalue weighted by Crippen LogP contribution is -1.87. The van der Waals surface area contributed by atoms with Crippen LogP contribution in [0.5, 0.6) is 0 Å². The van der Waals surface area contributed by atoms with Crippen molar-refractivity contribution in [3.8, 4) is 22.4 Å². The maximum absolute atomic E-state index is 6.40. The second kappa shape index (κ2) is 5.61. The Morgan fingerprint density at radius 3 is 2.25 bits per heavy atom. The van der Waals surface area contributed by atoms with Gasteiger partial charge in [0.2, 0.25) is 0 Å². The number of rotatable bonds is 2. The molecule has 0 unspecified atom stereocenters. The van der Waals surface area contributed by atoms with Crippen LogP contribution in [-0.4, -0.2) is 9.97 Å². The van der Waals surface area contributed by atoms with E-state index in [1.807, 2.05) is 42.5 Å². The second-order valence-corrected chi connectivity index (χ2v) is 5.00. The molecule has 0 saturated heterocycles. The van der Waals surface area contributed by atoms with E-state index in [-0.39, 0.29) is 0 Å². The molecule has 1 aromatic carbocycles. The molecule has 0 fully saturated rings. The second-order valence-electron chi connectivity index (χ2n) is 4.25. The van der Waals surface area contributed by atoms with Crippen molar-refractivity contribution in [3.05, 3.63) is 71.1 Å². The van der Waals surface area contributed by atoms with Crippen molar-refractivity contribution in [1.29, 1.82) is 0 Å². The molecule has 2 aromatic heterocycles. The molecule has 2 nitrogen and oxygen atoms in total. The molecule has 0 amide bonds. The van der Waals surface area contributed by atoms with Crippen LogP contribution in [0.25, 0.3) is 22.4 Å². The highest BCUT2D eigenvalue weighted by molar-refractivity contribution is 6.45. The van der Waals surface area contributed by atoms with Crippen molar-refractivity contribution in [2.24, 2.45) is 0 Å². The SMILES string of the molecule is Clc1c(-c2cccnc2)ccc(-c2ccccn2)c1Cl. The molecule has 0 bridgehead atoms. The molecule has 20 heavy (non-hydrogen) atoms. The number of pyridine rings is 2. The molecule has 0 radical (unpaired) electrons. The number of aromatic nitrogens is 2. The normalized spacial score (nSPS) is 10.5. The van der Waals surface area contributed by atoms with E-state index >= 15 is 0 Å². The zero-order chi connectivity index (χ0) is 13.9. The third-order valence-electron chi connectivity index (χ3n) is 3.00. The van der Waals surface area contributed by atoms with Crippen LogP contribution in [0.3, 0.4) is 0 Å². The smallest absolute Gasteiger partial charge is 0.0717 e. The van der Waals surface area contributed by atoms with Gasteiger partial charge in [-0.05, 0) is 18.2 Å². The highest BCUT2D eigenvalue weighted by Gasteiger charge is 2.13. The molecule has 2 heterocycles. The third-order valence-corrected chi connectivity index (χ3v) is 3.88. The fraction of sp³-hybridized carbons (Fsp3) is 0. The molecular formula is C16H10Cl2N2. The molecule has 0 spiro atoms. The summed E-state index contributed by atoms with van der Waals surface area (Å²) in [5.74, 6) is 0. The highest BCUT2D eigenvalue weighted by Crippen LogP contribution is 2.39. The van der Waals surface area contributed by atoms with Gasteiger partial charge < -0.3 is 0 Å². The van der Waals surface area contributed by atoms with Gasteiger partial charge >= 0.3 is 0 Å². The number of hydrogen-bond acceptors (Lipinski definition) is 2. The average molecular weight is 301 g/mol. The average Bonchev–Trinajstić information content (AvgIpc) is 2.52. The minimum atomic E-state index is 0.506. The first kappa shape index (κ1) is 13.1. The van der Waals surface area contributed by atoms with Crippen LogP contribution < -0.4 is 0 Å². The van der Waals surface area contributed by atoms with Gasteiger partial charge in [-0.1, -0.05) is 47.5 Å².